The summed E-state index contributed by atoms with van der Waals surface area (Å²) in [5, 5.41) is 14.1. The Balaban J connectivity index is 2.05. The summed E-state index contributed by atoms with van der Waals surface area (Å²) in [5.74, 6) is 0.859. The standard InChI is InChI=1S/C12H14N4O2/c1-9-3-2-4-10(12(9)16(17)18)13-6-5-11-14-7-8-15-11/h2-4,7-8,13H,5-6H2,1H3,(H,14,15). The molecule has 0 radical (unpaired) electrons. The van der Waals surface area contributed by atoms with Crippen LogP contribution in [0.1, 0.15) is 11.4 Å². The number of aromatic amines is 1. The van der Waals surface area contributed by atoms with Gasteiger partial charge in [0.05, 0.1) is 4.92 Å². The molecule has 18 heavy (non-hydrogen) atoms. The van der Waals surface area contributed by atoms with Crippen molar-refractivity contribution < 1.29 is 4.92 Å². The Kier molecular flexibility index (Phi) is 3.57. The van der Waals surface area contributed by atoms with Crippen LogP contribution in [0.25, 0.3) is 0 Å². The van der Waals surface area contributed by atoms with E-state index in [-0.39, 0.29) is 10.6 Å². The predicted molar refractivity (Wildman–Crippen MR) is 68.6 cm³/mol. The van der Waals surface area contributed by atoms with Crippen molar-refractivity contribution in [2.45, 2.75) is 13.3 Å². The lowest BCUT2D eigenvalue weighted by molar-refractivity contribution is -0.384. The van der Waals surface area contributed by atoms with Crippen molar-refractivity contribution in [1.29, 1.82) is 0 Å². The lowest BCUT2D eigenvalue weighted by atomic mass is 10.1. The molecule has 0 amide bonds. The largest absolute Gasteiger partial charge is 0.379 e. The number of imidazole rings is 1. The van der Waals surface area contributed by atoms with Crippen LogP contribution < -0.4 is 5.32 Å². The van der Waals surface area contributed by atoms with Crippen molar-refractivity contribution >= 4 is 11.4 Å². The third-order valence-electron chi connectivity index (χ3n) is 2.65. The van der Waals surface area contributed by atoms with Gasteiger partial charge < -0.3 is 10.3 Å². The molecule has 0 bridgehead atoms. The van der Waals surface area contributed by atoms with Crippen LogP contribution in [-0.2, 0) is 6.42 Å². The van der Waals surface area contributed by atoms with Crippen molar-refractivity contribution in [1.82, 2.24) is 9.97 Å². The summed E-state index contributed by atoms with van der Waals surface area (Å²) in [5.41, 5.74) is 1.34. The Bertz CT molecular complexity index is 537. The minimum Gasteiger partial charge on any atom is -0.379 e. The topological polar surface area (TPSA) is 83.8 Å². The number of nitro benzene ring substituents is 1. The second-order valence-corrected chi connectivity index (χ2v) is 3.94. The van der Waals surface area contributed by atoms with Crippen LogP contribution in [-0.4, -0.2) is 21.4 Å². The molecule has 0 fully saturated rings. The van der Waals surface area contributed by atoms with E-state index in [0.717, 1.165) is 5.82 Å². The van der Waals surface area contributed by atoms with Gasteiger partial charge in [-0.2, -0.15) is 0 Å². The van der Waals surface area contributed by atoms with Gasteiger partial charge in [0.2, 0.25) is 0 Å². The molecule has 6 heteroatoms. The van der Waals surface area contributed by atoms with Crippen molar-refractivity contribution in [2.75, 3.05) is 11.9 Å². The van der Waals surface area contributed by atoms with Crippen molar-refractivity contribution in [2.24, 2.45) is 0 Å². The van der Waals surface area contributed by atoms with Gasteiger partial charge in [0.1, 0.15) is 11.5 Å². The molecule has 0 saturated heterocycles. The van der Waals surface area contributed by atoms with E-state index in [9.17, 15) is 10.1 Å². The van der Waals surface area contributed by atoms with Crippen LogP contribution in [0.15, 0.2) is 30.6 Å². The van der Waals surface area contributed by atoms with E-state index in [2.05, 4.69) is 15.3 Å². The number of nitrogens with zero attached hydrogens (tertiary/aromatic N) is 2. The number of aromatic nitrogens is 2. The van der Waals surface area contributed by atoms with E-state index in [1.807, 2.05) is 0 Å². The molecule has 0 spiro atoms. The third-order valence-corrected chi connectivity index (χ3v) is 2.65. The fraction of sp³-hybridized carbons (Fsp3) is 0.250. The minimum absolute atomic E-state index is 0.136. The first-order valence-corrected chi connectivity index (χ1v) is 5.64. The second kappa shape index (κ2) is 5.31. The molecule has 0 atom stereocenters. The molecule has 2 rings (SSSR count). The Morgan fingerprint density at radius 3 is 3.00 bits per heavy atom. The molecule has 0 saturated carbocycles. The maximum absolute atomic E-state index is 11.0. The number of rotatable bonds is 5. The monoisotopic (exact) mass is 246 g/mol. The molecule has 1 aromatic heterocycles. The molecule has 0 unspecified atom stereocenters. The van der Waals surface area contributed by atoms with Crippen LogP contribution >= 0.6 is 0 Å². The molecule has 0 aliphatic carbocycles. The average Bonchev–Trinajstić information content (AvgIpc) is 2.81. The highest BCUT2D eigenvalue weighted by Gasteiger charge is 2.16. The van der Waals surface area contributed by atoms with Crippen LogP contribution in [0.4, 0.5) is 11.4 Å². The van der Waals surface area contributed by atoms with Crippen LogP contribution in [0.5, 0.6) is 0 Å². The molecule has 0 aliphatic heterocycles. The number of hydrogen-bond donors (Lipinski definition) is 2. The Labute approximate surface area is 104 Å². The first-order valence-electron chi connectivity index (χ1n) is 5.64. The highest BCUT2D eigenvalue weighted by Crippen LogP contribution is 2.27. The first kappa shape index (κ1) is 12.1. The van der Waals surface area contributed by atoms with Crippen molar-refractivity contribution in [3.8, 4) is 0 Å². The summed E-state index contributed by atoms with van der Waals surface area (Å²) in [6, 6.07) is 5.25. The van der Waals surface area contributed by atoms with Gasteiger partial charge in [-0.3, -0.25) is 10.1 Å². The predicted octanol–water partition coefficient (Wildman–Crippen LogP) is 2.28. The third kappa shape index (κ3) is 2.65. The van der Waals surface area contributed by atoms with E-state index >= 15 is 0 Å². The van der Waals surface area contributed by atoms with Crippen LogP contribution in [0, 0.1) is 17.0 Å². The molecule has 2 N–H and O–H groups in total. The highest BCUT2D eigenvalue weighted by atomic mass is 16.6. The summed E-state index contributed by atoms with van der Waals surface area (Å²) in [6.45, 7) is 2.33. The van der Waals surface area contributed by atoms with Gasteiger partial charge in [0.25, 0.3) is 5.69 Å². The second-order valence-electron chi connectivity index (χ2n) is 3.94. The number of nitrogens with one attached hydrogen (secondary N) is 2. The summed E-state index contributed by atoms with van der Waals surface area (Å²) in [7, 11) is 0. The zero-order valence-electron chi connectivity index (χ0n) is 10.0. The van der Waals surface area contributed by atoms with Gasteiger partial charge in [-0.25, -0.2) is 4.98 Å². The van der Waals surface area contributed by atoms with Crippen LogP contribution in [0.3, 0.4) is 0 Å². The summed E-state index contributed by atoms with van der Waals surface area (Å²) >= 11 is 0. The smallest absolute Gasteiger partial charge is 0.295 e. The minimum atomic E-state index is -0.357. The molecule has 2 aromatic rings. The number of H-pyrrole nitrogens is 1. The van der Waals surface area contributed by atoms with Crippen molar-refractivity contribution in [3.63, 3.8) is 0 Å². The molecular weight excluding hydrogens is 232 g/mol. The number of para-hydroxylation sites is 1. The average molecular weight is 246 g/mol. The zero-order chi connectivity index (χ0) is 13.0. The normalized spacial score (nSPS) is 10.3. The van der Waals surface area contributed by atoms with Gasteiger partial charge in [0, 0.05) is 30.9 Å². The van der Waals surface area contributed by atoms with E-state index in [1.165, 1.54) is 0 Å². The van der Waals surface area contributed by atoms with Crippen LogP contribution in [0.2, 0.25) is 0 Å². The molecule has 94 valence electrons. The Morgan fingerprint density at radius 2 is 2.33 bits per heavy atom. The number of nitro groups is 1. The van der Waals surface area contributed by atoms with E-state index in [1.54, 1.807) is 37.5 Å². The molecule has 0 aliphatic rings. The van der Waals surface area contributed by atoms with Gasteiger partial charge in [-0.15, -0.1) is 0 Å². The lowest BCUT2D eigenvalue weighted by Gasteiger charge is -2.07. The Hall–Kier alpha value is -2.37. The fourth-order valence-corrected chi connectivity index (χ4v) is 1.79. The highest BCUT2D eigenvalue weighted by molar-refractivity contribution is 5.64. The molecule has 1 heterocycles. The van der Waals surface area contributed by atoms with E-state index in [4.69, 9.17) is 0 Å². The number of hydrogen-bond acceptors (Lipinski definition) is 4. The number of aryl methyl sites for hydroxylation is 1. The lowest BCUT2D eigenvalue weighted by Crippen LogP contribution is -2.08. The maximum Gasteiger partial charge on any atom is 0.295 e. The maximum atomic E-state index is 11.0. The summed E-state index contributed by atoms with van der Waals surface area (Å²) < 4.78 is 0. The first-order chi connectivity index (χ1) is 8.68. The summed E-state index contributed by atoms with van der Waals surface area (Å²) in [6.07, 6.45) is 4.13. The van der Waals surface area contributed by atoms with Gasteiger partial charge in [-0.1, -0.05) is 12.1 Å². The quantitative estimate of drug-likeness (QED) is 0.626. The fourth-order valence-electron chi connectivity index (χ4n) is 1.79. The van der Waals surface area contributed by atoms with Gasteiger partial charge in [-0.05, 0) is 13.0 Å². The summed E-state index contributed by atoms with van der Waals surface area (Å²) in [4.78, 5) is 17.7. The Morgan fingerprint density at radius 1 is 1.50 bits per heavy atom. The number of anilines is 1. The van der Waals surface area contributed by atoms with E-state index in [0.29, 0.717) is 24.2 Å². The zero-order valence-corrected chi connectivity index (χ0v) is 10.0. The molecule has 1 aromatic carbocycles. The number of benzene rings is 1. The van der Waals surface area contributed by atoms with Crippen molar-refractivity contribution in [3.05, 3.63) is 52.1 Å². The SMILES string of the molecule is Cc1cccc(NCCc2ncc[nH]2)c1[N+](=O)[O-]. The molecular formula is C12H14N4O2. The van der Waals surface area contributed by atoms with Gasteiger partial charge >= 0.3 is 0 Å². The van der Waals surface area contributed by atoms with Gasteiger partial charge in [0.15, 0.2) is 0 Å². The molecule has 6 nitrogen and oxygen atoms in total. The van der Waals surface area contributed by atoms with E-state index < -0.39 is 0 Å².